The Kier molecular flexibility index (Phi) is 6.97. The van der Waals surface area contributed by atoms with Crippen LogP contribution in [0.4, 0.5) is 0 Å². The molecule has 9 heteroatoms. The lowest BCUT2D eigenvalue weighted by atomic mass is 10.2. The SMILES string of the molecule is COc1ccc(S(=O)(=O)C(CNC(=O)c2ccc(Cl)c(Cl)c2)c2cccnc2)cc1. The van der Waals surface area contributed by atoms with Crippen molar-refractivity contribution in [1.82, 2.24) is 10.3 Å². The van der Waals surface area contributed by atoms with Crippen molar-refractivity contribution < 1.29 is 17.9 Å². The Hall–Kier alpha value is -2.61. The summed E-state index contributed by atoms with van der Waals surface area (Å²) in [6.07, 6.45) is 3.02. The number of hydrogen-bond donors (Lipinski definition) is 1. The van der Waals surface area contributed by atoms with Gasteiger partial charge in [-0.25, -0.2) is 8.42 Å². The van der Waals surface area contributed by atoms with Crippen molar-refractivity contribution in [3.63, 3.8) is 0 Å². The highest BCUT2D eigenvalue weighted by Gasteiger charge is 2.30. The summed E-state index contributed by atoms with van der Waals surface area (Å²) in [5.41, 5.74) is 0.735. The minimum absolute atomic E-state index is 0.112. The lowest BCUT2D eigenvalue weighted by molar-refractivity contribution is 0.0953. The zero-order valence-corrected chi connectivity index (χ0v) is 18.2. The first-order valence-corrected chi connectivity index (χ1v) is 11.1. The number of sulfone groups is 1. The monoisotopic (exact) mass is 464 g/mol. The number of amides is 1. The molecule has 1 atom stereocenters. The molecule has 1 aromatic heterocycles. The second-order valence-electron chi connectivity index (χ2n) is 6.33. The summed E-state index contributed by atoms with van der Waals surface area (Å²) in [6, 6.07) is 13.8. The second-order valence-corrected chi connectivity index (χ2v) is 9.28. The van der Waals surface area contributed by atoms with Gasteiger partial charge >= 0.3 is 0 Å². The molecule has 0 saturated heterocycles. The van der Waals surface area contributed by atoms with E-state index in [9.17, 15) is 13.2 Å². The van der Waals surface area contributed by atoms with Crippen molar-refractivity contribution in [3.05, 3.63) is 88.2 Å². The Morgan fingerprint density at radius 2 is 1.83 bits per heavy atom. The van der Waals surface area contributed by atoms with E-state index in [1.54, 1.807) is 30.5 Å². The van der Waals surface area contributed by atoms with Crippen LogP contribution in [0.25, 0.3) is 0 Å². The molecule has 0 bridgehead atoms. The highest BCUT2D eigenvalue weighted by Crippen LogP contribution is 2.29. The zero-order valence-electron chi connectivity index (χ0n) is 15.9. The van der Waals surface area contributed by atoms with Crippen LogP contribution in [0, 0.1) is 0 Å². The van der Waals surface area contributed by atoms with E-state index in [0.717, 1.165) is 0 Å². The molecule has 0 aliphatic rings. The molecule has 3 rings (SSSR count). The average Bonchev–Trinajstić information content (AvgIpc) is 2.76. The number of ether oxygens (including phenoxy) is 1. The van der Waals surface area contributed by atoms with Gasteiger partial charge in [-0.05, 0) is 54.1 Å². The van der Waals surface area contributed by atoms with Crippen LogP contribution in [0.1, 0.15) is 21.2 Å². The molecule has 156 valence electrons. The number of carbonyl (C=O) groups is 1. The first kappa shape index (κ1) is 22.1. The van der Waals surface area contributed by atoms with E-state index in [4.69, 9.17) is 27.9 Å². The van der Waals surface area contributed by atoms with E-state index in [0.29, 0.717) is 16.3 Å². The molecule has 0 saturated carbocycles. The van der Waals surface area contributed by atoms with Gasteiger partial charge in [-0.3, -0.25) is 9.78 Å². The van der Waals surface area contributed by atoms with Gasteiger partial charge in [0.1, 0.15) is 11.0 Å². The number of nitrogens with zero attached hydrogens (tertiary/aromatic N) is 1. The summed E-state index contributed by atoms with van der Waals surface area (Å²) < 4.78 is 31.7. The fourth-order valence-corrected chi connectivity index (χ4v) is 4.77. The van der Waals surface area contributed by atoms with Crippen molar-refractivity contribution in [2.45, 2.75) is 10.1 Å². The molecule has 0 aliphatic heterocycles. The van der Waals surface area contributed by atoms with Crippen molar-refractivity contribution in [1.29, 1.82) is 0 Å². The van der Waals surface area contributed by atoms with Crippen LogP contribution in [-0.2, 0) is 9.84 Å². The molecular formula is C21H18Cl2N2O4S. The van der Waals surface area contributed by atoms with Gasteiger partial charge in [0.25, 0.3) is 5.91 Å². The molecule has 30 heavy (non-hydrogen) atoms. The van der Waals surface area contributed by atoms with Crippen LogP contribution in [0.3, 0.4) is 0 Å². The largest absolute Gasteiger partial charge is 0.497 e. The van der Waals surface area contributed by atoms with Gasteiger partial charge in [0.05, 0.1) is 22.1 Å². The summed E-state index contributed by atoms with van der Waals surface area (Å²) >= 11 is 11.9. The maximum atomic E-state index is 13.3. The summed E-state index contributed by atoms with van der Waals surface area (Å²) in [7, 11) is -2.33. The van der Waals surface area contributed by atoms with Crippen LogP contribution < -0.4 is 10.1 Å². The fourth-order valence-electron chi connectivity index (χ4n) is 2.83. The van der Waals surface area contributed by atoms with Crippen LogP contribution in [0.5, 0.6) is 5.75 Å². The summed E-state index contributed by atoms with van der Waals surface area (Å²) in [5, 5.41) is 2.19. The minimum atomic E-state index is -3.83. The lowest BCUT2D eigenvalue weighted by Gasteiger charge is -2.19. The quantitative estimate of drug-likeness (QED) is 0.561. The number of nitrogens with one attached hydrogen (secondary N) is 1. The molecule has 0 aliphatic carbocycles. The number of halogens is 2. The Balaban J connectivity index is 1.89. The average molecular weight is 465 g/mol. The van der Waals surface area contributed by atoms with Gasteiger partial charge in [-0.15, -0.1) is 0 Å². The normalized spacial score (nSPS) is 12.2. The van der Waals surface area contributed by atoms with Crippen LogP contribution in [0.15, 0.2) is 71.9 Å². The van der Waals surface area contributed by atoms with Gasteiger partial charge in [0, 0.05) is 24.5 Å². The predicted molar refractivity (Wildman–Crippen MR) is 116 cm³/mol. The molecule has 0 radical (unpaired) electrons. The third-order valence-electron chi connectivity index (χ3n) is 4.45. The summed E-state index contributed by atoms with van der Waals surface area (Å²) in [5.74, 6) is 0.0761. The van der Waals surface area contributed by atoms with Crippen LogP contribution in [-0.4, -0.2) is 33.0 Å². The van der Waals surface area contributed by atoms with E-state index in [2.05, 4.69) is 10.3 Å². The topological polar surface area (TPSA) is 85.4 Å². The third-order valence-corrected chi connectivity index (χ3v) is 7.30. The van der Waals surface area contributed by atoms with Gasteiger partial charge in [-0.2, -0.15) is 0 Å². The molecule has 1 heterocycles. The summed E-state index contributed by atoms with van der Waals surface area (Å²) in [6.45, 7) is -0.154. The molecule has 0 fully saturated rings. The smallest absolute Gasteiger partial charge is 0.251 e. The molecule has 1 amide bonds. The zero-order chi connectivity index (χ0) is 21.7. The van der Waals surface area contributed by atoms with Gasteiger partial charge in [0.2, 0.25) is 0 Å². The third kappa shape index (κ3) is 4.92. The molecular weight excluding hydrogens is 447 g/mol. The maximum Gasteiger partial charge on any atom is 0.251 e. The maximum absolute atomic E-state index is 13.3. The Labute approximate surface area is 184 Å². The van der Waals surface area contributed by atoms with Crippen molar-refractivity contribution >= 4 is 38.9 Å². The van der Waals surface area contributed by atoms with E-state index < -0.39 is 21.0 Å². The second kappa shape index (κ2) is 9.47. The van der Waals surface area contributed by atoms with E-state index >= 15 is 0 Å². The number of benzene rings is 2. The molecule has 2 aromatic carbocycles. The number of carbonyl (C=O) groups excluding carboxylic acids is 1. The number of methoxy groups -OCH3 is 1. The van der Waals surface area contributed by atoms with Crippen LogP contribution >= 0.6 is 23.2 Å². The van der Waals surface area contributed by atoms with Crippen LogP contribution in [0.2, 0.25) is 10.0 Å². The van der Waals surface area contributed by atoms with Gasteiger partial charge < -0.3 is 10.1 Å². The first-order valence-electron chi connectivity index (χ1n) is 8.84. The van der Waals surface area contributed by atoms with E-state index in [-0.39, 0.29) is 22.0 Å². The minimum Gasteiger partial charge on any atom is -0.497 e. The highest BCUT2D eigenvalue weighted by atomic mass is 35.5. The van der Waals surface area contributed by atoms with Gasteiger partial charge in [0.15, 0.2) is 9.84 Å². The predicted octanol–water partition coefficient (Wildman–Crippen LogP) is 4.34. The van der Waals surface area contributed by atoms with Crippen molar-refractivity contribution in [2.75, 3.05) is 13.7 Å². The molecule has 0 spiro atoms. The molecule has 6 nitrogen and oxygen atoms in total. The molecule has 1 N–H and O–H groups in total. The number of rotatable bonds is 7. The highest BCUT2D eigenvalue weighted by molar-refractivity contribution is 7.91. The van der Waals surface area contributed by atoms with Crippen molar-refractivity contribution in [3.8, 4) is 5.75 Å². The lowest BCUT2D eigenvalue weighted by Crippen LogP contribution is -2.32. The summed E-state index contributed by atoms with van der Waals surface area (Å²) in [4.78, 5) is 16.7. The standard InChI is InChI=1S/C21H18Cl2N2O4S/c1-29-16-5-7-17(8-6-16)30(27,28)20(15-3-2-10-24-12-15)13-25-21(26)14-4-9-18(22)19(23)11-14/h2-12,20H,13H2,1H3,(H,25,26). The first-order chi connectivity index (χ1) is 14.3. The number of aromatic nitrogens is 1. The van der Waals surface area contributed by atoms with E-state index in [1.165, 1.54) is 43.6 Å². The molecule has 3 aromatic rings. The molecule has 1 unspecified atom stereocenters. The fraction of sp³-hybridized carbons (Fsp3) is 0.143. The Bertz CT molecular complexity index is 1140. The van der Waals surface area contributed by atoms with Gasteiger partial charge in [-0.1, -0.05) is 29.3 Å². The number of pyridine rings is 1. The van der Waals surface area contributed by atoms with E-state index in [1.807, 2.05) is 0 Å². The Morgan fingerprint density at radius 1 is 1.10 bits per heavy atom. The van der Waals surface area contributed by atoms with Crippen molar-refractivity contribution in [2.24, 2.45) is 0 Å². The Morgan fingerprint density at radius 3 is 2.43 bits per heavy atom. The number of hydrogen-bond acceptors (Lipinski definition) is 5.